The lowest BCUT2D eigenvalue weighted by molar-refractivity contribution is -0.122. The Morgan fingerprint density at radius 2 is 1.58 bits per heavy atom. The van der Waals surface area contributed by atoms with Gasteiger partial charge in [0.05, 0.1) is 12.0 Å². The quantitative estimate of drug-likeness (QED) is 0.333. The fourth-order valence-electron chi connectivity index (χ4n) is 3.70. The lowest BCUT2D eigenvalue weighted by Crippen LogP contribution is -2.30. The number of benzene rings is 3. The van der Waals surface area contributed by atoms with Gasteiger partial charge in [-0.3, -0.25) is 4.79 Å². The molecule has 3 aromatic rings. The second-order valence-electron chi connectivity index (χ2n) is 8.18. The van der Waals surface area contributed by atoms with Crippen LogP contribution in [0.5, 0.6) is 17.2 Å². The van der Waals surface area contributed by atoms with E-state index in [4.69, 9.17) is 9.47 Å². The minimum atomic E-state index is -0.499. The summed E-state index contributed by atoms with van der Waals surface area (Å²) in [5.41, 5.74) is 1.76. The maximum atomic E-state index is 12.6. The van der Waals surface area contributed by atoms with Crippen molar-refractivity contribution in [3.8, 4) is 17.2 Å². The van der Waals surface area contributed by atoms with Crippen LogP contribution in [0.4, 0.5) is 0 Å². The maximum Gasteiger partial charge on any atom is 0.140 e. The Bertz CT molecular complexity index is 963. The van der Waals surface area contributed by atoms with Crippen LogP contribution in [0.25, 0.3) is 0 Å². The van der Waals surface area contributed by atoms with E-state index in [0.717, 1.165) is 48.5 Å². The Kier molecular flexibility index (Phi) is 7.88. The van der Waals surface area contributed by atoms with E-state index in [-0.39, 0.29) is 5.78 Å². The third kappa shape index (κ3) is 6.21. The molecule has 3 aromatic carbocycles. The number of ether oxygens (including phenoxy) is 2. The topological polar surface area (TPSA) is 35.5 Å². The van der Waals surface area contributed by atoms with Crippen molar-refractivity contribution in [2.24, 2.45) is 0 Å². The number of hydrogen-bond acceptors (Lipinski definition) is 3. The summed E-state index contributed by atoms with van der Waals surface area (Å²) < 4.78 is 11.6. The van der Waals surface area contributed by atoms with Crippen molar-refractivity contribution in [1.82, 2.24) is 0 Å². The molecule has 0 amide bonds. The lowest BCUT2D eigenvalue weighted by Gasteiger charge is -2.27. The number of carbonyl (C=O) groups is 1. The Morgan fingerprint density at radius 3 is 2.26 bits per heavy atom. The summed E-state index contributed by atoms with van der Waals surface area (Å²) in [7, 11) is 0. The van der Waals surface area contributed by atoms with Crippen LogP contribution in [0.1, 0.15) is 51.2 Å². The van der Waals surface area contributed by atoms with Gasteiger partial charge in [-0.15, -0.1) is 0 Å². The molecule has 31 heavy (non-hydrogen) atoms. The molecular formula is C28H32O3. The molecule has 3 heteroatoms. The van der Waals surface area contributed by atoms with Crippen molar-refractivity contribution < 1.29 is 14.3 Å². The predicted octanol–water partition coefficient (Wildman–Crippen LogP) is 7.14. The van der Waals surface area contributed by atoms with E-state index < -0.39 is 5.41 Å². The molecule has 0 aromatic heterocycles. The van der Waals surface area contributed by atoms with E-state index in [0.29, 0.717) is 6.61 Å². The number of hydrogen-bond donors (Lipinski definition) is 0. The zero-order valence-corrected chi connectivity index (χ0v) is 18.8. The zero-order valence-electron chi connectivity index (χ0n) is 18.8. The van der Waals surface area contributed by atoms with Crippen LogP contribution in [0, 0.1) is 0 Å². The highest BCUT2D eigenvalue weighted by molar-refractivity contribution is 5.87. The number of rotatable bonds is 11. The highest BCUT2D eigenvalue weighted by atomic mass is 16.5. The van der Waals surface area contributed by atoms with Crippen LogP contribution in [0.3, 0.4) is 0 Å². The smallest absolute Gasteiger partial charge is 0.140 e. The Morgan fingerprint density at radius 1 is 0.871 bits per heavy atom. The third-order valence-corrected chi connectivity index (χ3v) is 5.76. The van der Waals surface area contributed by atoms with E-state index >= 15 is 0 Å². The first-order valence-electron chi connectivity index (χ1n) is 11.1. The van der Waals surface area contributed by atoms with Gasteiger partial charge in [0.1, 0.15) is 23.0 Å². The van der Waals surface area contributed by atoms with Gasteiger partial charge < -0.3 is 9.47 Å². The minimum absolute atomic E-state index is 0.191. The van der Waals surface area contributed by atoms with Gasteiger partial charge in [-0.25, -0.2) is 0 Å². The van der Waals surface area contributed by atoms with E-state index in [1.165, 1.54) is 5.56 Å². The molecule has 0 bridgehead atoms. The summed E-state index contributed by atoms with van der Waals surface area (Å²) in [5, 5.41) is 0. The van der Waals surface area contributed by atoms with Crippen LogP contribution in [-0.4, -0.2) is 12.4 Å². The Hall–Kier alpha value is -3.07. The minimum Gasteiger partial charge on any atom is -0.494 e. The molecular weight excluding hydrogens is 384 g/mol. The normalized spacial score (nSPS) is 12.7. The van der Waals surface area contributed by atoms with Gasteiger partial charge in [-0.1, -0.05) is 49.4 Å². The van der Waals surface area contributed by atoms with Gasteiger partial charge in [-0.05, 0) is 87.1 Å². The summed E-state index contributed by atoms with van der Waals surface area (Å²) in [5.74, 6) is 2.71. The summed E-state index contributed by atoms with van der Waals surface area (Å²) in [4.78, 5) is 12.6. The Labute approximate surface area is 186 Å². The highest BCUT2D eigenvalue weighted by Crippen LogP contribution is 2.32. The van der Waals surface area contributed by atoms with Gasteiger partial charge >= 0.3 is 0 Å². The largest absolute Gasteiger partial charge is 0.494 e. The van der Waals surface area contributed by atoms with Gasteiger partial charge in [-0.2, -0.15) is 0 Å². The first-order chi connectivity index (χ1) is 15.0. The molecule has 1 unspecified atom stereocenters. The molecule has 0 spiro atoms. The van der Waals surface area contributed by atoms with Gasteiger partial charge in [0.15, 0.2) is 0 Å². The fraction of sp³-hybridized carbons (Fsp3) is 0.321. The summed E-state index contributed by atoms with van der Waals surface area (Å²) in [6, 6.07) is 26.0. The van der Waals surface area contributed by atoms with E-state index in [9.17, 15) is 4.79 Å². The van der Waals surface area contributed by atoms with Crippen LogP contribution in [0.2, 0.25) is 0 Å². The predicted molar refractivity (Wildman–Crippen MR) is 126 cm³/mol. The molecule has 0 aliphatic carbocycles. The second kappa shape index (κ2) is 10.8. The van der Waals surface area contributed by atoms with E-state index in [1.54, 1.807) is 6.92 Å². The summed E-state index contributed by atoms with van der Waals surface area (Å²) in [6.45, 7) is 6.53. The highest BCUT2D eigenvalue weighted by Gasteiger charge is 2.31. The standard InChI is InChI=1S/C28H32O3/c1-4-20-30-25-17-15-24(16-18-25)28(3,22(2)29)19-9-11-23-10-8-14-27(21-23)31-26-12-6-5-7-13-26/h5-8,10,12-18,21H,4,9,11,19-20H2,1-3H3. The van der Waals surface area contributed by atoms with Crippen molar-refractivity contribution in [2.45, 2.75) is 51.9 Å². The van der Waals surface area contributed by atoms with Crippen LogP contribution in [-0.2, 0) is 16.6 Å². The number of ketones is 1. The Balaban J connectivity index is 1.63. The first-order valence-corrected chi connectivity index (χ1v) is 11.1. The molecule has 3 nitrogen and oxygen atoms in total. The summed E-state index contributed by atoms with van der Waals surface area (Å²) in [6.07, 6.45) is 3.58. The zero-order chi connectivity index (χ0) is 22.1. The first kappa shape index (κ1) is 22.6. The van der Waals surface area contributed by atoms with Crippen LogP contribution < -0.4 is 9.47 Å². The van der Waals surface area contributed by atoms with Crippen molar-refractivity contribution in [2.75, 3.05) is 6.61 Å². The molecule has 162 valence electrons. The van der Waals surface area contributed by atoms with Gasteiger partial charge in [0, 0.05) is 0 Å². The molecule has 0 N–H and O–H groups in total. The van der Waals surface area contributed by atoms with Crippen molar-refractivity contribution >= 4 is 5.78 Å². The second-order valence-corrected chi connectivity index (χ2v) is 8.18. The van der Waals surface area contributed by atoms with E-state index in [2.05, 4.69) is 19.1 Å². The molecule has 3 rings (SSSR count). The monoisotopic (exact) mass is 416 g/mol. The summed E-state index contributed by atoms with van der Waals surface area (Å²) >= 11 is 0. The average molecular weight is 417 g/mol. The van der Waals surface area contributed by atoms with Crippen molar-refractivity contribution in [1.29, 1.82) is 0 Å². The van der Waals surface area contributed by atoms with Crippen LogP contribution in [0.15, 0.2) is 78.9 Å². The van der Waals surface area contributed by atoms with Crippen LogP contribution >= 0.6 is 0 Å². The molecule has 0 radical (unpaired) electrons. The molecule has 0 heterocycles. The maximum absolute atomic E-state index is 12.6. The van der Waals surface area contributed by atoms with Crippen molar-refractivity contribution in [3.05, 3.63) is 90.0 Å². The number of para-hydroxylation sites is 1. The van der Waals surface area contributed by atoms with Gasteiger partial charge in [0.2, 0.25) is 0 Å². The molecule has 0 aliphatic rings. The van der Waals surface area contributed by atoms with E-state index in [1.807, 2.05) is 73.7 Å². The fourth-order valence-corrected chi connectivity index (χ4v) is 3.70. The lowest BCUT2D eigenvalue weighted by atomic mass is 9.75. The molecule has 0 aliphatic heterocycles. The number of carbonyl (C=O) groups excluding carboxylic acids is 1. The third-order valence-electron chi connectivity index (χ3n) is 5.76. The SMILES string of the molecule is CCCOc1ccc(C(C)(CCCc2cccc(Oc3ccccc3)c2)C(C)=O)cc1. The molecule has 0 saturated carbocycles. The van der Waals surface area contributed by atoms with Gasteiger partial charge in [0.25, 0.3) is 0 Å². The number of aryl methyl sites for hydroxylation is 1. The molecule has 0 saturated heterocycles. The molecule has 0 fully saturated rings. The molecule has 1 atom stereocenters. The average Bonchev–Trinajstić information content (AvgIpc) is 2.79. The number of Topliss-reactive ketones (excluding diaryl/α,β-unsaturated/α-hetero) is 1. The van der Waals surface area contributed by atoms with Crippen molar-refractivity contribution in [3.63, 3.8) is 0 Å².